The molecule has 5 heteroatoms. The van der Waals surface area contributed by atoms with Crippen LogP contribution in [-0.2, 0) is 0 Å². The van der Waals surface area contributed by atoms with Gasteiger partial charge in [0.05, 0.1) is 11.0 Å². The summed E-state index contributed by atoms with van der Waals surface area (Å²) in [7, 11) is 0. The Hall–Kier alpha value is -5.91. The molecule has 5 nitrogen and oxygen atoms in total. The number of aromatic nitrogens is 2. The van der Waals surface area contributed by atoms with Gasteiger partial charge in [0.1, 0.15) is 18.2 Å². The maximum Gasteiger partial charge on any atom is 0.131 e. The Labute approximate surface area is 266 Å². The van der Waals surface area contributed by atoms with Crippen molar-refractivity contribution in [2.75, 3.05) is 0 Å². The molecule has 0 bridgehead atoms. The van der Waals surface area contributed by atoms with Crippen molar-refractivity contribution >= 4 is 38.5 Å². The van der Waals surface area contributed by atoms with Crippen LogP contribution in [0.4, 0.5) is 0 Å². The van der Waals surface area contributed by atoms with Gasteiger partial charge in [-0.25, -0.2) is 4.99 Å². The number of hydrogen-bond acceptors (Lipinski definition) is 3. The summed E-state index contributed by atoms with van der Waals surface area (Å²) in [5.74, 6) is 0.863. The van der Waals surface area contributed by atoms with Crippen molar-refractivity contribution in [3.05, 3.63) is 175 Å². The third-order valence-corrected chi connectivity index (χ3v) is 9.02. The zero-order valence-corrected chi connectivity index (χ0v) is 25.1. The van der Waals surface area contributed by atoms with Gasteiger partial charge in [0.2, 0.25) is 0 Å². The van der Waals surface area contributed by atoms with Crippen LogP contribution in [0.5, 0.6) is 0 Å². The molecule has 2 atom stereocenters. The monoisotopic (exact) mass is 593 g/mol. The smallest absolute Gasteiger partial charge is 0.131 e. The molecule has 1 aliphatic rings. The van der Waals surface area contributed by atoms with Crippen molar-refractivity contribution in [1.29, 1.82) is 0 Å². The van der Waals surface area contributed by atoms with Gasteiger partial charge in [0.15, 0.2) is 0 Å². The molecule has 9 rings (SSSR count). The van der Waals surface area contributed by atoms with E-state index in [-0.39, 0.29) is 12.3 Å². The number of nitrogens with one attached hydrogen (secondary N) is 3. The van der Waals surface area contributed by atoms with Crippen LogP contribution < -0.4 is 10.6 Å². The molecule has 0 radical (unpaired) electrons. The Balaban J connectivity index is 1.25. The Morgan fingerprint density at radius 1 is 0.587 bits per heavy atom. The lowest BCUT2D eigenvalue weighted by molar-refractivity contribution is 0.409. The minimum Gasteiger partial charge on any atom is -0.354 e. The first kappa shape index (κ1) is 26.5. The molecule has 2 aromatic heterocycles. The summed E-state index contributed by atoms with van der Waals surface area (Å²) in [4.78, 5) is 9.02. The summed E-state index contributed by atoms with van der Waals surface area (Å²) >= 11 is 0. The van der Waals surface area contributed by atoms with Crippen molar-refractivity contribution in [3.8, 4) is 16.8 Å². The molecule has 0 amide bonds. The quantitative estimate of drug-likeness (QED) is 0.186. The van der Waals surface area contributed by atoms with Crippen LogP contribution in [0.3, 0.4) is 0 Å². The first-order valence-corrected chi connectivity index (χ1v) is 15.7. The van der Waals surface area contributed by atoms with E-state index in [0.29, 0.717) is 0 Å². The molecule has 8 aromatic rings. The molecule has 2 unspecified atom stereocenters. The van der Waals surface area contributed by atoms with Gasteiger partial charge < -0.3 is 14.9 Å². The molecule has 0 saturated heterocycles. The summed E-state index contributed by atoms with van der Waals surface area (Å²) in [6.07, 6.45) is 1.90. The van der Waals surface area contributed by atoms with E-state index >= 15 is 0 Å². The van der Waals surface area contributed by atoms with Crippen LogP contribution in [0.25, 0.3) is 49.5 Å². The van der Waals surface area contributed by atoms with Crippen LogP contribution in [0.1, 0.15) is 29.0 Å². The van der Waals surface area contributed by atoms with E-state index in [1.807, 2.05) is 6.07 Å². The number of rotatable bonds is 5. The normalized spacial score (nSPS) is 16.5. The van der Waals surface area contributed by atoms with E-state index in [0.717, 1.165) is 44.8 Å². The second-order valence-electron chi connectivity index (χ2n) is 11.8. The SMILES string of the molecule is c1ccc(C2N=C(c3cccc(-c4c5[nH]c6ccccc6c5cc5ccn(-c6ccccc6)c45)c3)NC(c3ccccc3)N2)cc1. The van der Waals surface area contributed by atoms with Crippen molar-refractivity contribution in [1.82, 2.24) is 20.2 Å². The molecular weight excluding hydrogens is 562 g/mol. The van der Waals surface area contributed by atoms with Gasteiger partial charge in [-0.1, -0.05) is 115 Å². The molecule has 0 fully saturated rings. The molecule has 3 heterocycles. The molecule has 46 heavy (non-hydrogen) atoms. The molecule has 0 spiro atoms. The fraction of sp³-hybridized carbons (Fsp3) is 0.0488. The van der Waals surface area contributed by atoms with E-state index in [1.165, 1.54) is 27.2 Å². The first-order valence-electron chi connectivity index (χ1n) is 15.7. The molecule has 3 N–H and O–H groups in total. The Bertz CT molecular complexity index is 2370. The highest BCUT2D eigenvalue weighted by Crippen LogP contribution is 2.41. The van der Waals surface area contributed by atoms with Gasteiger partial charge in [-0.05, 0) is 53.1 Å². The number of H-pyrrole nitrogens is 1. The van der Waals surface area contributed by atoms with E-state index in [4.69, 9.17) is 4.99 Å². The number of amidine groups is 1. The van der Waals surface area contributed by atoms with E-state index in [9.17, 15) is 0 Å². The third kappa shape index (κ3) is 4.48. The average molecular weight is 594 g/mol. The van der Waals surface area contributed by atoms with E-state index in [2.05, 4.69) is 172 Å². The summed E-state index contributed by atoms with van der Waals surface area (Å²) in [6, 6.07) is 53.5. The van der Waals surface area contributed by atoms with Crippen molar-refractivity contribution < 1.29 is 0 Å². The van der Waals surface area contributed by atoms with Gasteiger partial charge >= 0.3 is 0 Å². The van der Waals surface area contributed by atoms with Gasteiger partial charge in [-0.15, -0.1) is 0 Å². The molecule has 0 saturated carbocycles. The van der Waals surface area contributed by atoms with Crippen molar-refractivity contribution in [3.63, 3.8) is 0 Å². The van der Waals surface area contributed by atoms with Crippen LogP contribution >= 0.6 is 0 Å². The van der Waals surface area contributed by atoms with Gasteiger partial charge in [-0.2, -0.15) is 0 Å². The maximum absolute atomic E-state index is 5.23. The average Bonchev–Trinajstić information content (AvgIpc) is 3.73. The minimum absolute atomic E-state index is 0.0956. The number of hydrogen-bond donors (Lipinski definition) is 3. The van der Waals surface area contributed by atoms with Crippen molar-refractivity contribution in [2.45, 2.75) is 12.3 Å². The Morgan fingerprint density at radius 2 is 1.28 bits per heavy atom. The molecule has 1 aliphatic heterocycles. The lowest BCUT2D eigenvalue weighted by Gasteiger charge is -2.32. The summed E-state index contributed by atoms with van der Waals surface area (Å²) in [5.41, 5.74) is 10.2. The summed E-state index contributed by atoms with van der Waals surface area (Å²) in [6.45, 7) is 0. The Morgan fingerprint density at radius 3 is 2.09 bits per heavy atom. The molecular formula is C41H31N5. The van der Waals surface area contributed by atoms with Crippen LogP contribution in [0.2, 0.25) is 0 Å². The van der Waals surface area contributed by atoms with Crippen LogP contribution in [0.15, 0.2) is 163 Å². The largest absolute Gasteiger partial charge is 0.354 e. The first-order chi connectivity index (χ1) is 22.8. The molecule has 220 valence electrons. The number of para-hydroxylation sites is 2. The van der Waals surface area contributed by atoms with Gasteiger partial charge in [0.25, 0.3) is 0 Å². The zero-order chi connectivity index (χ0) is 30.5. The zero-order valence-electron chi connectivity index (χ0n) is 25.1. The second kappa shape index (κ2) is 10.9. The van der Waals surface area contributed by atoms with Crippen LogP contribution in [0, 0.1) is 0 Å². The predicted octanol–water partition coefficient (Wildman–Crippen LogP) is 9.27. The standard InChI is InChI=1S/C41H31N5/c1-4-13-27(14-5-1)39-43-40(28-15-6-2-7-16-28)45-41(44-39)31-18-12-17-29(25-31)36-37-34(33-21-10-11-22-35(33)42-37)26-30-23-24-46(38(30)36)32-19-8-3-9-20-32/h1-26,39-40,42-43H,(H,44,45). The highest BCUT2D eigenvalue weighted by molar-refractivity contribution is 6.19. The maximum atomic E-state index is 5.23. The number of aromatic amines is 1. The fourth-order valence-electron chi connectivity index (χ4n) is 6.85. The van der Waals surface area contributed by atoms with Gasteiger partial charge in [-0.3, -0.25) is 5.32 Å². The second-order valence-corrected chi connectivity index (χ2v) is 11.8. The third-order valence-electron chi connectivity index (χ3n) is 9.02. The Kier molecular flexibility index (Phi) is 6.28. The minimum atomic E-state index is -0.189. The molecule has 0 aliphatic carbocycles. The summed E-state index contributed by atoms with van der Waals surface area (Å²) in [5, 5.41) is 11.1. The van der Waals surface area contributed by atoms with Crippen molar-refractivity contribution in [2.24, 2.45) is 4.99 Å². The molecule has 6 aromatic carbocycles. The fourth-order valence-corrected chi connectivity index (χ4v) is 6.85. The number of fused-ring (bicyclic) bond motifs is 4. The predicted molar refractivity (Wildman–Crippen MR) is 189 cm³/mol. The number of nitrogens with zero attached hydrogens (tertiary/aromatic N) is 2. The topological polar surface area (TPSA) is 57.1 Å². The van der Waals surface area contributed by atoms with Crippen LogP contribution in [-0.4, -0.2) is 15.4 Å². The van der Waals surface area contributed by atoms with Gasteiger partial charge in [0, 0.05) is 44.7 Å². The highest BCUT2D eigenvalue weighted by Gasteiger charge is 2.26. The highest BCUT2D eigenvalue weighted by atomic mass is 15.3. The lowest BCUT2D eigenvalue weighted by Crippen LogP contribution is -2.44. The summed E-state index contributed by atoms with van der Waals surface area (Å²) < 4.78 is 2.31. The van der Waals surface area contributed by atoms with E-state index < -0.39 is 0 Å². The number of benzene rings is 6. The number of aliphatic imine (C=N–C) groups is 1. The van der Waals surface area contributed by atoms with E-state index in [1.54, 1.807) is 0 Å². The lowest BCUT2D eigenvalue weighted by atomic mass is 9.96.